The van der Waals surface area contributed by atoms with E-state index < -0.39 is 15.4 Å². The Hall–Kier alpha value is -0.980. The van der Waals surface area contributed by atoms with E-state index >= 15 is 0 Å². The van der Waals surface area contributed by atoms with Gasteiger partial charge in [0.25, 0.3) is 5.16 Å². The number of aryl methyl sites for hydroxylation is 1. The molecule has 0 aliphatic carbocycles. The number of nitrogens with zero attached hydrogens (tertiary/aromatic N) is 3. The largest absolute Gasteiger partial charge is 0.368 e. The van der Waals surface area contributed by atoms with E-state index in [2.05, 4.69) is 10.2 Å². The van der Waals surface area contributed by atoms with Gasteiger partial charge in [-0.3, -0.25) is 4.57 Å². The molecule has 0 saturated carbocycles. The minimum absolute atomic E-state index is 0.445. The molecule has 5 nitrogen and oxygen atoms in total. The third kappa shape index (κ3) is 3.76. The maximum atomic E-state index is 13.0. The normalized spacial score (nSPS) is 11.9. The van der Waals surface area contributed by atoms with E-state index in [4.69, 9.17) is 0 Å². The van der Waals surface area contributed by atoms with Gasteiger partial charge >= 0.3 is 10.2 Å². The van der Waals surface area contributed by atoms with Crippen LogP contribution in [-0.2, 0) is 23.2 Å². The van der Waals surface area contributed by atoms with Crippen molar-refractivity contribution in [3.63, 3.8) is 0 Å². The van der Waals surface area contributed by atoms with Crippen molar-refractivity contribution in [2.45, 2.75) is 57.7 Å². The topological polar surface area (TPSA) is 64.8 Å². The summed E-state index contributed by atoms with van der Waals surface area (Å²) in [6, 6.07) is 0. The summed E-state index contributed by atoms with van der Waals surface area (Å²) in [6.07, 6.45) is 4.16. The Labute approximate surface area is 101 Å². The Bertz CT molecular complexity index is 456. The molecule has 1 rings (SSSR count). The third-order valence-electron chi connectivity index (χ3n) is 2.50. The first-order valence-electron chi connectivity index (χ1n) is 5.87. The van der Waals surface area contributed by atoms with E-state index in [1.54, 1.807) is 0 Å². The van der Waals surface area contributed by atoms with E-state index in [0.717, 1.165) is 25.7 Å². The van der Waals surface area contributed by atoms with Crippen LogP contribution in [0.2, 0.25) is 0 Å². The molecule has 0 unspecified atom stereocenters. The highest BCUT2D eigenvalue weighted by molar-refractivity contribution is 7.86. The van der Waals surface area contributed by atoms with E-state index in [1.165, 1.54) is 4.57 Å². The Morgan fingerprint density at radius 3 is 2.35 bits per heavy atom. The summed E-state index contributed by atoms with van der Waals surface area (Å²) >= 11 is 0. The number of unbranched alkanes of at least 4 members (excludes halogenated alkanes) is 2. The predicted molar refractivity (Wildman–Crippen MR) is 61.8 cm³/mol. The van der Waals surface area contributed by atoms with Crippen LogP contribution in [0.5, 0.6) is 0 Å². The lowest BCUT2D eigenvalue weighted by molar-refractivity contribution is 0.504. The first-order valence-corrected chi connectivity index (χ1v) is 7.25. The number of hydrogen-bond acceptors (Lipinski definition) is 4. The van der Waals surface area contributed by atoms with Crippen LogP contribution >= 0.6 is 0 Å². The van der Waals surface area contributed by atoms with Gasteiger partial charge in [0.1, 0.15) is 5.82 Å². The molecule has 7 heteroatoms. The molecule has 1 aromatic rings. The first kappa shape index (κ1) is 14.1. The first-order chi connectivity index (χ1) is 8.00. The molecule has 0 saturated heterocycles. The zero-order valence-corrected chi connectivity index (χ0v) is 11.0. The average molecular weight is 263 g/mol. The lowest BCUT2D eigenvalue weighted by atomic mass is 10.2. The van der Waals surface area contributed by atoms with Crippen LogP contribution < -0.4 is 0 Å². The molecule has 17 heavy (non-hydrogen) atoms. The van der Waals surface area contributed by atoms with Crippen molar-refractivity contribution in [3.05, 3.63) is 5.82 Å². The van der Waals surface area contributed by atoms with Gasteiger partial charge < -0.3 is 0 Å². The molecule has 0 bridgehead atoms. The Balaban J connectivity index is 3.02. The summed E-state index contributed by atoms with van der Waals surface area (Å²) in [5.74, 6) is 0.552. The maximum absolute atomic E-state index is 13.0. The molecule has 98 valence electrons. The number of rotatable bonds is 7. The average Bonchev–Trinajstić information content (AvgIpc) is 2.66. The molecule has 0 N–H and O–H groups in total. The van der Waals surface area contributed by atoms with E-state index in [0.29, 0.717) is 18.8 Å². The van der Waals surface area contributed by atoms with Gasteiger partial charge in [0.05, 0.1) is 0 Å². The summed E-state index contributed by atoms with van der Waals surface area (Å²) in [6.45, 7) is 4.46. The van der Waals surface area contributed by atoms with Crippen molar-refractivity contribution in [2.75, 3.05) is 0 Å². The molecular formula is C10H18FN3O2S. The quantitative estimate of drug-likeness (QED) is 0.706. The molecule has 0 aliphatic heterocycles. The third-order valence-corrected chi connectivity index (χ3v) is 3.24. The zero-order valence-electron chi connectivity index (χ0n) is 10.2. The van der Waals surface area contributed by atoms with Crippen LogP contribution in [0.4, 0.5) is 3.89 Å². The van der Waals surface area contributed by atoms with Crippen molar-refractivity contribution in [3.8, 4) is 0 Å². The molecule has 0 radical (unpaired) electrons. The molecule has 1 heterocycles. The molecule has 0 atom stereocenters. The van der Waals surface area contributed by atoms with Gasteiger partial charge in [-0.05, 0) is 12.8 Å². The highest BCUT2D eigenvalue weighted by atomic mass is 32.3. The van der Waals surface area contributed by atoms with Gasteiger partial charge in [0.2, 0.25) is 0 Å². The minimum Gasteiger partial charge on any atom is -0.300 e. The lowest BCUT2D eigenvalue weighted by Crippen LogP contribution is -2.10. The highest BCUT2D eigenvalue weighted by Gasteiger charge is 2.23. The van der Waals surface area contributed by atoms with Gasteiger partial charge in [-0.25, -0.2) is 0 Å². The van der Waals surface area contributed by atoms with Gasteiger partial charge in [-0.2, -0.15) is 8.42 Å². The fourth-order valence-corrected chi connectivity index (χ4v) is 2.16. The monoisotopic (exact) mass is 263 g/mol. The SMILES string of the molecule is CCCCc1nnc(S(=O)(=O)F)n1CCCC. The second kappa shape index (κ2) is 6.09. The zero-order chi connectivity index (χ0) is 12.9. The van der Waals surface area contributed by atoms with Crippen LogP contribution in [0.15, 0.2) is 5.16 Å². The van der Waals surface area contributed by atoms with Crippen molar-refractivity contribution in [1.82, 2.24) is 14.8 Å². The molecule has 0 fully saturated rings. The summed E-state index contributed by atoms with van der Waals surface area (Å²) < 4.78 is 36.2. The van der Waals surface area contributed by atoms with Crippen molar-refractivity contribution in [2.24, 2.45) is 0 Å². The summed E-state index contributed by atoms with van der Waals surface area (Å²) in [5, 5.41) is 6.65. The fourth-order valence-electron chi connectivity index (χ4n) is 1.56. The fraction of sp³-hybridized carbons (Fsp3) is 0.800. The highest BCUT2D eigenvalue weighted by Crippen LogP contribution is 2.14. The lowest BCUT2D eigenvalue weighted by Gasteiger charge is -2.07. The molecule has 1 aromatic heterocycles. The molecule has 0 spiro atoms. The molecule has 0 amide bonds. The van der Waals surface area contributed by atoms with E-state index in [-0.39, 0.29) is 0 Å². The maximum Gasteiger partial charge on any atom is 0.368 e. The number of hydrogen-bond donors (Lipinski definition) is 0. The van der Waals surface area contributed by atoms with E-state index in [9.17, 15) is 12.3 Å². The van der Waals surface area contributed by atoms with Crippen LogP contribution in [0, 0.1) is 0 Å². The number of aromatic nitrogens is 3. The summed E-state index contributed by atoms with van der Waals surface area (Å²) in [4.78, 5) is 0. The van der Waals surface area contributed by atoms with E-state index in [1.807, 2.05) is 13.8 Å². The Kier molecular flexibility index (Phi) is 5.04. The molecule has 0 aromatic carbocycles. The molecule has 0 aliphatic rings. The van der Waals surface area contributed by atoms with Crippen LogP contribution in [0.3, 0.4) is 0 Å². The van der Waals surface area contributed by atoms with Crippen LogP contribution in [-0.4, -0.2) is 23.2 Å². The van der Waals surface area contributed by atoms with Gasteiger partial charge in [0.15, 0.2) is 0 Å². The second-order valence-electron chi connectivity index (χ2n) is 3.95. The predicted octanol–water partition coefficient (Wildman–Crippen LogP) is 2.08. The minimum atomic E-state index is -4.78. The summed E-state index contributed by atoms with van der Waals surface area (Å²) in [7, 11) is -4.78. The van der Waals surface area contributed by atoms with Crippen LogP contribution in [0.25, 0.3) is 0 Å². The molecular weight excluding hydrogens is 245 g/mol. The van der Waals surface area contributed by atoms with Crippen LogP contribution in [0.1, 0.15) is 45.4 Å². The Morgan fingerprint density at radius 1 is 1.18 bits per heavy atom. The second-order valence-corrected chi connectivity index (χ2v) is 5.19. The van der Waals surface area contributed by atoms with Gasteiger partial charge in [-0.1, -0.05) is 30.6 Å². The number of halogens is 1. The van der Waals surface area contributed by atoms with Crippen molar-refractivity contribution < 1.29 is 12.3 Å². The van der Waals surface area contributed by atoms with Gasteiger partial charge in [-0.15, -0.1) is 10.2 Å². The Morgan fingerprint density at radius 2 is 1.82 bits per heavy atom. The standard InChI is InChI=1S/C10H18FN3O2S/c1-3-5-7-9-12-13-10(17(11,15)16)14(9)8-6-4-2/h3-8H2,1-2H3. The summed E-state index contributed by atoms with van der Waals surface area (Å²) in [5.41, 5.74) is 0. The van der Waals surface area contributed by atoms with Crippen molar-refractivity contribution in [1.29, 1.82) is 0 Å². The van der Waals surface area contributed by atoms with Gasteiger partial charge in [0, 0.05) is 13.0 Å². The smallest absolute Gasteiger partial charge is 0.300 e. The van der Waals surface area contributed by atoms with Crippen molar-refractivity contribution >= 4 is 10.2 Å².